The van der Waals surface area contributed by atoms with Crippen LogP contribution in [0, 0.1) is 27.9 Å². The molecule has 1 unspecified atom stereocenters. The first-order valence-corrected chi connectivity index (χ1v) is 28.4. The zero-order valence-electron chi connectivity index (χ0n) is 48.9. The van der Waals surface area contributed by atoms with Crippen LogP contribution >= 0.6 is 0 Å². The second-order valence-corrected chi connectivity index (χ2v) is 23.1. The van der Waals surface area contributed by atoms with Gasteiger partial charge in [0.25, 0.3) is 5.69 Å². The van der Waals surface area contributed by atoms with Crippen molar-refractivity contribution in [3.63, 3.8) is 0 Å². The number of carbonyl (C=O) groups excluding carboxylic acids is 8. The predicted octanol–water partition coefficient (Wildman–Crippen LogP) is 3.72. The normalized spacial score (nSPS) is 17.0. The van der Waals surface area contributed by atoms with Crippen LogP contribution in [-0.4, -0.2) is 125 Å². The molecule has 0 aliphatic carbocycles. The topological polar surface area (TPSA) is 366 Å². The van der Waals surface area contributed by atoms with Crippen molar-refractivity contribution in [1.29, 1.82) is 0 Å². The molecule has 24 heteroatoms. The van der Waals surface area contributed by atoms with E-state index in [0.717, 1.165) is 11.3 Å². The van der Waals surface area contributed by atoms with Crippen LogP contribution < -0.4 is 58.3 Å². The molecule has 452 valence electrons. The minimum Gasteiger partial charge on any atom is -0.481 e. The van der Waals surface area contributed by atoms with Gasteiger partial charge in [-0.25, -0.2) is 0 Å². The average Bonchev–Trinajstić information content (AvgIpc) is 3.83. The van der Waals surface area contributed by atoms with Crippen molar-refractivity contribution < 1.29 is 57.9 Å². The number of nitrogens with one attached hydrogen (secondary N) is 7. The Hall–Kier alpha value is -7.63. The molecular weight excluding hydrogens is 1060 g/mol. The van der Waals surface area contributed by atoms with E-state index in [1.165, 1.54) is 19.1 Å². The zero-order chi connectivity index (χ0) is 61.1. The van der Waals surface area contributed by atoms with Gasteiger partial charge in [0.2, 0.25) is 53.0 Å². The van der Waals surface area contributed by atoms with E-state index in [9.17, 15) is 58.4 Å². The quantitative estimate of drug-likeness (QED) is 0.0271. The van der Waals surface area contributed by atoms with Crippen molar-refractivity contribution in [1.82, 2.24) is 37.2 Å². The number of rotatable bonds is 34. The van der Waals surface area contributed by atoms with E-state index in [1.807, 2.05) is 69.0 Å². The summed E-state index contributed by atoms with van der Waals surface area (Å²) in [6.45, 7) is 17.1. The second kappa shape index (κ2) is 31.0. The van der Waals surface area contributed by atoms with Crippen LogP contribution in [0.3, 0.4) is 0 Å². The van der Waals surface area contributed by atoms with Crippen LogP contribution in [0.15, 0.2) is 48.5 Å². The van der Waals surface area contributed by atoms with Gasteiger partial charge in [-0.05, 0) is 132 Å². The molecule has 2 aliphatic rings. The second-order valence-electron chi connectivity index (χ2n) is 23.1. The standard InChI is InChI=1S/C58H87N11O13/c1-34(2)30-44(62-37(7)70)54(77)64-42(18-12-14-27-59)52(75)66-46(32-36(5)6)56(79)65-43(21-23-50(72)73)53(76)67-45(31-35(3)4)55(78)63-41(51(60)74)17-13-15-28-61-49(71)25-29-68-47-19-11-10-16-40(47)57(8,9)58(68)26-24-38-33-39(69(80)81)20-22-48(38)82-58/h10-11,16,19-20,22,24,26,33-36,41-46H,12-15,17-18,21,23,25,27-32,59H2,1-9H3,(H2,60,74)(H,61,71)(H,62,70)(H,63,78)(H,64,77)(H,65,79)(H,66,75)(H,67,76)(H,72,73)/t41-,42-,43-,44-,45-,46-,58?/m0/s1. The lowest BCUT2D eigenvalue weighted by molar-refractivity contribution is -0.384. The predicted molar refractivity (Wildman–Crippen MR) is 308 cm³/mol. The van der Waals surface area contributed by atoms with Gasteiger partial charge >= 0.3 is 5.97 Å². The van der Waals surface area contributed by atoms with Crippen molar-refractivity contribution in [3.05, 3.63) is 69.8 Å². The number of anilines is 1. The number of carbonyl (C=O) groups is 9. The number of carboxylic acid groups (broad SMARTS) is 1. The Morgan fingerprint density at radius 3 is 1.70 bits per heavy atom. The smallest absolute Gasteiger partial charge is 0.303 e. The number of nitro groups is 1. The molecule has 2 aliphatic heterocycles. The zero-order valence-corrected chi connectivity index (χ0v) is 48.9. The van der Waals surface area contributed by atoms with Gasteiger partial charge in [0, 0.05) is 56.2 Å². The van der Waals surface area contributed by atoms with E-state index < -0.39 is 112 Å². The molecule has 0 radical (unpaired) electrons. The number of nitrogens with zero attached hydrogens (tertiary/aromatic N) is 2. The van der Waals surface area contributed by atoms with Crippen LogP contribution in [0.5, 0.6) is 5.75 Å². The van der Waals surface area contributed by atoms with E-state index in [2.05, 4.69) is 37.2 Å². The van der Waals surface area contributed by atoms with Crippen LogP contribution in [0.4, 0.5) is 11.4 Å². The summed E-state index contributed by atoms with van der Waals surface area (Å²) in [6, 6.07) is 4.96. The van der Waals surface area contributed by atoms with E-state index in [0.29, 0.717) is 50.0 Å². The molecular formula is C58H87N11O13. The lowest BCUT2D eigenvalue weighted by atomic mass is 9.76. The molecule has 8 amide bonds. The van der Waals surface area contributed by atoms with Crippen molar-refractivity contribution >= 4 is 70.7 Å². The first-order chi connectivity index (χ1) is 38.6. The van der Waals surface area contributed by atoms with Gasteiger partial charge in [-0.1, -0.05) is 59.7 Å². The van der Waals surface area contributed by atoms with Crippen LogP contribution in [-0.2, 0) is 48.6 Å². The number of benzene rings is 2. The van der Waals surface area contributed by atoms with Gasteiger partial charge < -0.3 is 63.4 Å². The molecule has 24 nitrogen and oxygen atoms in total. The minimum absolute atomic E-state index is 0.0170. The average molecular weight is 1150 g/mol. The summed E-state index contributed by atoms with van der Waals surface area (Å²) in [5, 5.41) is 40.0. The monoisotopic (exact) mass is 1150 g/mol. The van der Waals surface area contributed by atoms with Gasteiger partial charge in [-0.15, -0.1) is 0 Å². The van der Waals surface area contributed by atoms with Gasteiger partial charge in [0.1, 0.15) is 42.0 Å². The largest absolute Gasteiger partial charge is 0.481 e. The fourth-order valence-corrected chi connectivity index (χ4v) is 10.3. The Balaban J connectivity index is 1.39. The summed E-state index contributed by atoms with van der Waals surface area (Å²) >= 11 is 0. The first kappa shape index (κ1) is 66.9. The molecule has 0 aromatic heterocycles. The molecule has 0 fully saturated rings. The summed E-state index contributed by atoms with van der Waals surface area (Å²) in [7, 11) is 0. The molecule has 12 N–H and O–H groups in total. The maximum atomic E-state index is 14.1. The number of amides is 8. The summed E-state index contributed by atoms with van der Waals surface area (Å²) < 4.78 is 6.74. The third kappa shape index (κ3) is 19.0. The number of fused-ring (bicyclic) bond motifs is 2. The molecule has 1 spiro atoms. The van der Waals surface area contributed by atoms with E-state index in [4.69, 9.17) is 16.2 Å². The lowest BCUT2D eigenvalue weighted by Gasteiger charge is -2.47. The summed E-state index contributed by atoms with van der Waals surface area (Å²) in [5.41, 5.74) is 12.2. The van der Waals surface area contributed by atoms with Crippen molar-refractivity contribution in [2.75, 3.05) is 24.5 Å². The van der Waals surface area contributed by atoms with E-state index in [1.54, 1.807) is 33.8 Å². The van der Waals surface area contributed by atoms with Crippen LogP contribution in [0.1, 0.15) is 150 Å². The maximum absolute atomic E-state index is 14.1. The number of hydrogen-bond donors (Lipinski definition) is 10. The highest BCUT2D eigenvalue weighted by molar-refractivity contribution is 5.97. The van der Waals surface area contributed by atoms with Crippen LogP contribution in [0.25, 0.3) is 6.08 Å². The Labute approximate surface area is 480 Å². The van der Waals surface area contributed by atoms with E-state index >= 15 is 0 Å². The first-order valence-electron chi connectivity index (χ1n) is 28.4. The van der Waals surface area contributed by atoms with Gasteiger partial charge in [-0.3, -0.25) is 53.3 Å². The number of aliphatic carboxylic acids is 1. The van der Waals surface area contributed by atoms with Gasteiger partial charge in [-0.2, -0.15) is 0 Å². The number of non-ortho nitro benzene ring substituents is 1. The number of nitrogens with two attached hydrogens (primary N) is 2. The molecule has 2 aromatic rings. The number of nitro benzene ring substituents is 1. The molecule has 2 heterocycles. The Kier molecular flexibility index (Phi) is 25.3. The molecule has 2 aromatic carbocycles. The molecule has 0 saturated heterocycles. The Morgan fingerprint density at radius 2 is 1.17 bits per heavy atom. The third-order valence-corrected chi connectivity index (χ3v) is 14.5. The number of para-hydroxylation sites is 1. The SMILES string of the molecule is CC(=O)N[C@@H](CC(C)C)C(=O)N[C@@H](CCCCN)C(=O)N[C@@H](CC(C)C)C(=O)N[C@@H](CCC(=O)O)C(=O)N[C@@H](CC(C)C)C(=O)N[C@@H](CCCCNC(=O)CCN1c2ccccc2C(C)(C)C12C=Cc1cc([N+](=O)[O-])ccc1O2)C(N)=O. The summed E-state index contributed by atoms with van der Waals surface area (Å²) in [6.07, 6.45) is 5.21. The molecule has 0 saturated carbocycles. The highest BCUT2D eigenvalue weighted by Gasteiger charge is 2.58. The molecule has 0 bridgehead atoms. The number of ether oxygens (including phenoxy) is 1. The highest BCUT2D eigenvalue weighted by Crippen LogP contribution is 2.55. The highest BCUT2D eigenvalue weighted by atomic mass is 16.6. The van der Waals surface area contributed by atoms with Crippen LogP contribution in [0.2, 0.25) is 0 Å². The minimum atomic E-state index is -1.50. The number of carboxylic acids is 1. The molecule has 82 heavy (non-hydrogen) atoms. The lowest BCUT2D eigenvalue weighted by Crippen LogP contribution is -2.60. The van der Waals surface area contributed by atoms with Gasteiger partial charge in [0.05, 0.1) is 10.3 Å². The number of unbranched alkanes of at least 4 members (excludes halogenated alkanes) is 2. The van der Waals surface area contributed by atoms with Gasteiger partial charge in [0.15, 0.2) is 0 Å². The van der Waals surface area contributed by atoms with Crippen molar-refractivity contribution in [2.45, 2.75) is 187 Å². The number of primary amides is 1. The van der Waals surface area contributed by atoms with Crippen molar-refractivity contribution in [3.8, 4) is 5.75 Å². The Morgan fingerprint density at radius 1 is 0.671 bits per heavy atom. The van der Waals surface area contributed by atoms with E-state index in [-0.39, 0.29) is 74.5 Å². The Bertz CT molecular complexity index is 2640. The maximum Gasteiger partial charge on any atom is 0.303 e. The number of hydrogen-bond acceptors (Lipinski definition) is 14. The molecule has 7 atom stereocenters. The summed E-state index contributed by atoms with van der Waals surface area (Å²) in [4.78, 5) is 133. The molecule has 4 rings (SSSR count). The fourth-order valence-electron chi connectivity index (χ4n) is 10.3. The fraction of sp³-hybridized carbons (Fsp3) is 0.603. The third-order valence-electron chi connectivity index (χ3n) is 14.5. The summed E-state index contributed by atoms with van der Waals surface area (Å²) in [5.74, 6) is -6.45. The van der Waals surface area contributed by atoms with Crippen molar-refractivity contribution in [2.24, 2.45) is 29.2 Å².